The first-order valence-corrected chi connectivity index (χ1v) is 9.70. The molecule has 2 aromatic heterocycles. The number of carbonyl (C=O) groups excluding carboxylic acids is 1. The molecule has 1 N–H and O–H groups in total. The predicted octanol–water partition coefficient (Wildman–Crippen LogP) is 4.25. The Bertz CT molecular complexity index is 1280. The maximum absolute atomic E-state index is 14.0. The largest absolute Gasteiger partial charge is 0.338 e. The molecule has 0 saturated carbocycles. The molecule has 0 saturated heterocycles. The lowest BCUT2D eigenvalue weighted by Crippen LogP contribution is -2.28. The van der Waals surface area contributed by atoms with E-state index in [2.05, 4.69) is 5.32 Å². The SMILES string of the molecule is Cc1cc(C)cc(NC(=O)Cn2ccc3ccn(Cc4ccccc4F)c3c2=O)c1. The zero-order valence-electron chi connectivity index (χ0n) is 16.9. The van der Waals surface area contributed by atoms with Crippen LogP contribution >= 0.6 is 0 Å². The summed E-state index contributed by atoms with van der Waals surface area (Å²) in [7, 11) is 0. The topological polar surface area (TPSA) is 56.0 Å². The molecular weight excluding hydrogens is 381 g/mol. The second-order valence-electron chi connectivity index (χ2n) is 7.51. The molecule has 0 unspecified atom stereocenters. The van der Waals surface area contributed by atoms with E-state index in [4.69, 9.17) is 0 Å². The number of nitrogens with one attached hydrogen (secondary N) is 1. The number of amides is 1. The lowest BCUT2D eigenvalue weighted by atomic mass is 10.1. The van der Waals surface area contributed by atoms with E-state index in [1.54, 1.807) is 41.2 Å². The van der Waals surface area contributed by atoms with Crippen molar-refractivity contribution >= 4 is 22.5 Å². The molecular formula is C24H22FN3O2. The van der Waals surface area contributed by atoms with E-state index in [9.17, 15) is 14.0 Å². The van der Waals surface area contributed by atoms with Crippen LogP contribution in [0.15, 0.2) is 71.8 Å². The first-order chi connectivity index (χ1) is 14.4. The molecule has 0 atom stereocenters. The zero-order chi connectivity index (χ0) is 21.3. The number of carbonyl (C=O) groups is 1. The molecule has 2 heterocycles. The Morgan fingerprint density at radius 2 is 1.63 bits per heavy atom. The van der Waals surface area contributed by atoms with E-state index < -0.39 is 0 Å². The third-order valence-electron chi connectivity index (χ3n) is 5.01. The van der Waals surface area contributed by atoms with Crippen LogP contribution in [0.5, 0.6) is 0 Å². The number of aryl methyl sites for hydroxylation is 2. The maximum atomic E-state index is 14.0. The molecule has 0 fully saturated rings. The third kappa shape index (κ3) is 4.03. The van der Waals surface area contributed by atoms with Crippen molar-refractivity contribution in [3.05, 3.63) is 99.9 Å². The fourth-order valence-electron chi connectivity index (χ4n) is 3.71. The standard InChI is InChI=1S/C24H22FN3O2/c1-16-11-17(2)13-20(12-16)26-22(29)15-28-10-8-18-7-9-27(23(18)24(28)30)14-19-5-3-4-6-21(19)25/h3-13H,14-15H2,1-2H3,(H,26,29). The highest BCUT2D eigenvalue weighted by molar-refractivity contribution is 5.91. The number of benzene rings is 2. The molecule has 6 heteroatoms. The van der Waals surface area contributed by atoms with Crippen LogP contribution in [-0.4, -0.2) is 15.0 Å². The zero-order valence-corrected chi connectivity index (χ0v) is 16.9. The van der Waals surface area contributed by atoms with Gasteiger partial charge in [0, 0.05) is 29.0 Å². The van der Waals surface area contributed by atoms with Crippen LogP contribution in [0, 0.1) is 19.7 Å². The van der Waals surface area contributed by atoms with Crippen molar-refractivity contribution in [2.45, 2.75) is 26.9 Å². The molecule has 1 amide bonds. The number of nitrogens with zero attached hydrogens (tertiary/aromatic N) is 2. The Kier molecular flexibility index (Phi) is 5.23. The molecule has 4 aromatic rings. The number of aromatic nitrogens is 2. The van der Waals surface area contributed by atoms with Gasteiger partial charge in [-0.3, -0.25) is 9.59 Å². The van der Waals surface area contributed by atoms with Gasteiger partial charge in [-0.1, -0.05) is 24.3 Å². The van der Waals surface area contributed by atoms with E-state index in [0.717, 1.165) is 16.5 Å². The van der Waals surface area contributed by atoms with Crippen molar-refractivity contribution in [1.29, 1.82) is 0 Å². The van der Waals surface area contributed by atoms with E-state index >= 15 is 0 Å². The summed E-state index contributed by atoms with van der Waals surface area (Å²) in [6, 6.07) is 15.9. The normalized spacial score (nSPS) is 11.0. The number of fused-ring (bicyclic) bond motifs is 1. The van der Waals surface area contributed by atoms with E-state index in [1.807, 2.05) is 38.1 Å². The van der Waals surface area contributed by atoms with Gasteiger partial charge in [-0.2, -0.15) is 0 Å². The van der Waals surface area contributed by atoms with Crippen LogP contribution in [0.4, 0.5) is 10.1 Å². The van der Waals surface area contributed by atoms with Crippen LogP contribution in [0.25, 0.3) is 10.9 Å². The van der Waals surface area contributed by atoms with Gasteiger partial charge in [0.05, 0.1) is 6.54 Å². The van der Waals surface area contributed by atoms with Crippen molar-refractivity contribution in [2.75, 3.05) is 5.32 Å². The van der Waals surface area contributed by atoms with Crippen molar-refractivity contribution in [3.63, 3.8) is 0 Å². The number of hydrogen-bond donors (Lipinski definition) is 1. The average molecular weight is 403 g/mol. The summed E-state index contributed by atoms with van der Waals surface area (Å²) in [6.45, 7) is 4.06. The van der Waals surface area contributed by atoms with Gasteiger partial charge in [0.25, 0.3) is 5.56 Å². The highest BCUT2D eigenvalue weighted by Gasteiger charge is 2.12. The Balaban J connectivity index is 1.60. The fraction of sp³-hybridized carbons (Fsp3) is 0.167. The van der Waals surface area contributed by atoms with Gasteiger partial charge in [0.15, 0.2) is 0 Å². The fourth-order valence-corrected chi connectivity index (χ4v) is 3.71. The molecule has 2 aromatic carbocycles. The summed E-state index contributed by atoms with van der Waals surface area (Å²) in [5.41, 5.74) is 3.46. The molecule has 30 heavy (non-hydrogen) atoms. The van der Waals surface area contributed by atoms with Crippen LogP contribution in [0.3, 0.4) is 0 Å². The molecule has 5 nitrogen and oxygen atoms in total. The molecule has 0 bridgehead atoms. The molecule has 0 aliphatic rings. The van der Waals surface area contributed by atoms with E-state index in [1.165, 1.54) is 10.6 Å². The van der Waals surface area contributed by atoms with Gasteiger partial charge in [-0.05, 0) is 55.3 Å². The number of pyridine rings is 1. The highest BCUT2D eigenvalue weighted by atomic mass is 19.1. The second-order valence-corrected chi connectivity index (χ2v) is 7.51. The van der Waals surface area contributed by atoms with Crippen LogP contribution < -0.4 is 10.9 Å². The number of halogens is 1. The Morgan fingerprint density at radius 1 is 0.967 bits per heavy atom. The lowest BCUT2D eigenvalue weighted by Gasteiger charge is -2.11. The molecule has 0 radical (unpaired) electrons. The van der Waals surface area contributed by atoms with Gasteiger partial charge in [-0.25, -0.2) is 4.39 Å². The number of rotatable bonds is 5. The van der Waals surface area contributed by atoms with Gasteiger partial charge in [0.2, 0.25) is 5.91 Å². The monoisotopic (exact) mass is 403 g/mol. The molecule has 0 aliphatic carbocycles. The Morgan fingerprint density at radius 3 is 2.33 bits per heavy atom. The minimum atomic E-state index is -0.316. The average Bonchev–Trinajstić information content (AvgIpc) is 3.08. The molecule has 0 spiro atoms. The molecule has 0 aliphatic heterocycles. The highest BCUT2D eigenvalue weighted by Crippen LogP contribution is 2.16. The van der Waals surface area contributed by atoms with Crippen molar-refractivity contribution in [1.82, 2.24) is 9.13 Å². The van der Waals surface area contributed by atoms with E-state index in [-0.39, 0.29) is 30.4 Å². The minimum absolute atomic E-state index is 0.105. The number of anilines is 1. The summed E-state index contributed by atoms with van der Waals surface area (Å²) in [4.78, 5) is 25.6. The Labute approximate surface area is 173 Å². The van der Waals surface area contributed by atoms with Gasteiger partial charge in [0.1, 0.15) is 17.9 Å². The van der Waals surface area contributed by atoms with Crippen LogP contribution in [-0.2, 0) is 17.9 Å². The second kappa shape index (κ2) is 7.99. The summed E-state index contributed by atoms with van der Waals surface area (Å²) >= 11 is 0. The molecule has 4 rings (SSSR count). The minimum Gasteiger partial charge on any atom is -0.338 e. The van der Waals surface area contributed by atoms with E-state index in [0.29, 0.717) is 16.8 Å². The first-order valence-electron chi connectivity index (χ1n) is 9.70. The summed E-state index contributed by atoms with van der Waals surface area (Å²) in [5.74, 6) is -0.600. The van der Waals surface area contributed by atoms with Crippen molar-refractivity contribution < 1.29 is 9.18 Å². The summed E-state index contributed by atoms with van der Waals surface area (Å²) in [5, 5.41) is 3.60. The van der Waals surface area contributed by atoms with Gasteiger partial charge < -0.3 is 14.5 Å². The summed E-state index contributed by atoms with van der Waals surface area (Å²) in [6.07, 6.45) is 3.37. The van der Waals surface area contributed by atoms with Gasteiger partial charge in [-0.15, -0.1) is 0 Å². The third-order valence-corrected chi connectivity index (χ3v) is 5.01. The Hall–Kier alpha value is -3.67. The van der Waals surface area contributed by atoms with Crippen LogP contribution in [0.1, 0.15) is 16.7 Å². The number of hydrogen-bond acceptors (Lipinski definition) is 2. The lowest BCUT2D eigenvalue weighted by molar-refractivity contribution is -0.116. The predicted molar refractivity (Wildman–Crippen MR) is 116 cm³/mol. The van der Waals surface area contributed by atoms with Crippen molar-refractivity contribution in [2.24, 2.45) is 0 Å². The summed E-state index contributed by atoms with van der Waals surface area (Å²) < 4.78 is 17.1. The maximum Gasteiger partial charge on any atom is 0.275 e. The van der Waals surface area contributed by atoms with Gasteiger partial charge >= 0.3 is 0 Å². The smallest absolute Gasteiger partial charge is 0.275 e. The van der Waals surface area contributed by atoms with Crippen LogP contribution in [0.2, 0.25) is 0 Å². The molecule has 152 valence electrons. The van der Waals surface area contributed by atoms with Crippen molar-refractivity contribution in [3.8, 4) is 0 Å². The first kappa shape index (κ1) is 19.6. The quantitative estimate of drug-likeness (QED) is 0.542.